The molecule has 0 bridgehead atoms. The van der Waals surface area contributed by atoms with Crippen LogP contribution in [0, 0.1) is 5.92 Å². The van der Waals surface area contributed by atoms with E-state index in [0.29, 0.717) is 29.6 Å². The van der Waals surface area contributed by atoms with Gasteiger partial charge < -0.3 is 24.1 Å². The first kappa shape index (κ1) is 23.8. The number of rotatable bonds is 12. The zero-order valence-electron chi connectivity index (χ0n) is 18.2. The van der Waals surface area contributed by atoms with E-state index in [9.17, 15) is 9.59 Å². The van der Waals surface area contributed by atoms with Gasteiger partial charge in [-0.3, -0.25) is 4.79 Å². The van der Waals surface area contributed by atoms with Crippen molar-refractivity contribution in [3.8, 4) is 23.0 Å². The SMILES string of the molecule is COc1cc(/C=C/C(=O)c2ccc(OCC(=O)O)c(OC)c2)ccc1OCCC(C)C. The smallest absolute Gasteiger partial charge is 0.341 e. The third-order valence-electron chi connectivity index (χ3n) is 4.37. The Morgan fingerprint density at radius 2 is 1.58 bits per heavy atom. The second-order valence-corrected chi connectivity index (χ2v) is 7.19. The maximum absolute atomic E-state index is 12.6. The van der Waals surface area contributed by atoms with Crippen LogP contribution >= 0.6 is 0 Å². The molecule has 0 unspecified atom stereocenters. The van der Waals surface area contributed by atoms with Crippen LogP contribution in [-0.2, 0) is 4.79 Å². The monoisotopic (exact) mass is 428 g/mol. The molecule has 0 fully saturated rings. The summed E-state index contributed by atoms with van der Waals surface area (Å²) in [6, 6.07) is 10.0. The number of ketones is 1. The van der Waals surface area contributed by atoms with Crippen LogP contribution in [0.25, 0.3) is 6.08 Å². The predicted octanol–water partition coefficient (Wildman–Crippen LogP) is 4.49. The van der Waals surface area contributed by atoms with Crippen molar-refractivity contribution in [2.24, 2.45) is 5.92 Å². The summed E-state index contributed by atoms with van der Waals surface area (Å²) in [4.78, 5) is 23.2. The summed E-state index contributed by atoms with van der Waals surface area (Å²) in [7, 11) is 2.99. The maximum atomic E-state index is 12.6. The largest absolute Gasteiger partial charge is 0.493 e. The van der Waals surface area contributed by atoms with Gasteiger partial charge >= 0.3 is 5.97 Å². The Bertz CT molecular complexity index is 932. The van der Waals surface area contributed by atoms with E-state index in [1.165, 1.54) is 25.3 Å². The van der Waals surface area contributed by atoms with Gasteiger partial charge in [0.2, 0.25) is 0 Å². The first-order valence-electron chi connectivity index (χ1n) is 9.90. The molecule has 0 radical (unpaired) electrons. The molecule has 0 heterocycles. The molecule has 2 rings (SSSR count). The number of allylic oxidation sites excluding steroid dienone is 1. The molecule has 166 valence electrons. The van der Waals surface area contributed by atoms with E-state index in [1.54, 1.807) is 25.3 Å². The number of carbonyl (C=O) groups is 2. The minimum atomic E-state index is -1.10. The fourth-order valence-corrected chi connectivity index (χ4v) is 2.66. The van der Waals surface area contributed by atoms with Crippen LogP contribution in [0.4, 0.5) is 0 Å². The van der Waals surface area contributed by atoms with Gasteiger partial charge in [0.1, 0.15) is 0 Å². The van der Waals surface area contributed by atoms with Crippen LogP contribution in [-0.4, -0.2) is 44.3 Å². The van der Waals surface area contributed by atoms with Gasteiger partial charge in [-0.2, -0.15) is 0 Å². The summed E-state index contributed by atoms with van der Waals surface area (Å²) in [5.74, 6) is 1.01. The third-order valence-corrected chi connectivity index (χ3v) is 4.37. The number of hydrogen-bond acceptors (Lipinski definition) is 6. The molecule has 0 spiro atoms. The summed E-state index contributed by atoms with van der Waals surface area (Å²) in [6.45, 7) is 4.38. The van der Waals surface area contributed by atoms with Crippen molar-refractivity contribution in [1.29, 1.82) is 0 Å². The molecule has 0 aliphatic rings. The van der Waals surface area contributed by atoms with Gasteiger partial charge in [-0.15, -0.1) is 0 Å². The van der Waals surface area contributed by atoms with Crippen LogP contribution < -0.4 is 18.9 Å². The van der Waals surface area contributed by atoms with E-state index >= 15 is 0 Å². The van der Waals surface area contributed by atoms with Crippen LogP contribution in [0.2, 0.25) is 0 Å². The Labute approximate surface area is 182 Å². The van der Waals surface area contributed by atoms with Gasteiger partial charge in [0.15, 0.2) is 35.4 Å². The standard InChI is InChI=1S/C24H28O7/c1-16(2)11-12-30-20-9-6-17(13-22(20)28-3)5-8-19(25)18-7-10-21(23(14-18)29-4)31-15-24(26)27/h5-10,13-14,16H,11-12,15H2,1-4H3,(H,26,27)/b8-5+. The molecule has 1 N–H and O–H groups in total. The zero-order chi connectivity index (χ0) is 22.8. The van der Waals surface area contributed by atoms with E-state index in [-0.39, 0.29) is 17.3 Å². The molecule has 0 saturated carbocycles. The number of carbonyl (C=O) groups excluding carboxylic acids is 1. The summed E-state index contributed by atoms with van der Waals surface area (Å²) >= 11 is 0. The molecule has 2 aromatic carbocycles. The summed E-state index contributed by atoms with van der Waals surface area (Å²) in [6.07, 6.45) is 4.08. The number of ether oxygens (including phenoxy) is 4. The van der Waals surface area contributed by atoms with Crippen LogP contribution in [0.15, 0.2) is 42.5 Å². The Morgan fingerprint density at radius 1 is 0.935 bits per heavy atom. The first-order valence-corrected chi connectivity index (χ1v) is 9.90. The first-order chi connectivity index (χ1) is 14.8. The number of hydrogen-bond donors (Lipinski definition) is 1. The highest BCUT2D eigenvalue weighted by molar-refractivity contribution is 6.07. The minimum absolute atomic E-state index is 0.237. The van der Waals surface area contributed by atoms with E-state index in [4.69, 9.17) is 24.1 Å². The normalized spacial score (nSPS) is 10.9. The Kier molecular flexibility index (Phi) is 8.94. The number of aliphatic carboxylic acids is 1. The second-order valence-electron chi connectivity index (χ2n) is 7.19. The van der Waals surface area contributed by atoms with Crippen molar-refractivity contribution in [2.45, 2.75) is 20.3 Å². The maximum Gasteiger partial charge on any atom is 0.341 e. The van der Waals surface area contributed by atoms with E-state index in [1.807, 2.05) is 12.1 Å². The van der Waals surface area contributed by atoms with Crippen molar-refractivity contribution in [2.75, 3.05) is 27.4 Å². The fraction of sp³-hybridized carbons (Fsp3) is 0.333. The summed E-state index contributed by atoms with van der Waals surface area (Å²) in [5, 5.41) is 8.73. The lowest BCUT2D eigenvalue weighted by molar-refractivity contribution is -0.139. The molecule has 2 aromatic rings. The van der Waals surface area contributed by atoms with E-state index in [2.05, 4.69) is 13.8 Å². The number of carboxylic acids is 1. The topological polar surface area (TPSA) is 91.3 Å². The zero-order valence-corrected chi connectivity index (χ0v) is 18.2. The third kappa shape index (κ3) is 7.37. The number of carboxylic acid groups (broad SMARTS) is 1. The summed E-state index contributed by atoms with van der Waals surface area (Å²) in [5.41, 5.74) is 1.17. The highest BCUT2D eigenvalue weighted by atomic mass is 16.5. The number of methoxy groups -OCH3 is 2. The average molecular weight is 428 g/mol. The molecule has 0 amide bonds. The molecule has 0 atom stereocenters. The Morgan fingerprint density at radius 3 is 2.23 bits per heavy atom. The van der Waals surface area contributed by atoms with Crippen LogP contribution in [0.1, 0.15) is 36.2 Å². The van der Waals surface area contributed by atoms with Crippen molar-refractivity contribution in [3.05, 3.63) is 53.6 Å². The van der Waals surface area contributed by atoms with Gasteiger partial charge in [-0.25, -0.2) is 4.79 Å². The summed E-state index contributed by atoms with van der Waals surface area (Å²) < 4.78 is 21.5. The molecule has 0 saturated heterocycles. The molecule has 7 heteroatoms. The average Bonchev–Trinajstić information content (AvgIpc) is 2.76. The lowest BCUT2D eigenvalue weighted by Crippen LogP contribution is -2.10. The number of benzene rings is 2. The predicted molar refractivity (Wildman–Crippen MR) is 117 cm³/mol. The van der Waals surface area contributed by atoms with Gasteiger partial charge in [0, 0.05) is 5.56 Å². The highest BCUT2D eigenvalue weighted by Crippen LogP contribution is 2.30. The molecule has 31 heavy (non-hydrogen) atoms. The van der Waals surface area contributed by atoms with Gasteiger partial charge in [-0.05, 0) is 54.3 Å². The molecule has 0 aliphatic heterocycles. The molecular formula is C24H28O7. The molecule has 7 nitrogen and oxygen atoms in total. The lowest BCUT2D eigenvalue weighted by Gasteiger charge is -2.12. The van der Waals surface area contributed by atoms with Gasteiger partial charge in [-0.1, -0.05) is 26.0 Å². The highest BCUT2D eigenvalue weighted by Gasteiger charge is 2.11. The van der Waals surface area contributed by atoms with Crippen molar-refractivity contribution < 1.29 is 33.6 Å². The van der Waals surface area contributed by atoms with Crippen molar-refractivity contribution >= 4 is 17.8 Å². The fourth-order valence-electron chi connectivity index (χ4n) is 2.66. The Hall–Kier alpha value is -3.48. The second kappa shape index (κ2) is 11.6. The van der Waals surface area contributed by atoms with Crippen molar-refractivity contribution in [3.63, 3.8) is 0 Å². The van der Waals surface area contributed by atoms with Crippen LogP contribution in [0.5, 0.6) is 23.0 Å². The van der Waals surface area contributed by atoms with E-state index in [0.717, 1.165) is 12.0 Å². The van der Waals surface area contributed by atoms with Gasteiger partial charge in [0.05, 0.1) is 20.8 Å². The van der Waals surface area contributed by atoms with E-state index < -0.39 is 12.6 Å². The molecule has 0 aliphatic carbocycles. The quantitative estimate of drug-likeness (QED) is 0.393. The minimum Gasteiger partial charge on any atom is -0.493 e. The van der Waals surface area contributed by atoms with Crippen LogP contribution in [0.3, 0.4) is 0 Å². The van der Waals surface area contributed by atoms with Crippen molar-refractivity contribution in [1.82, 2.24) is 0 Å². The Balaban J connectivity index is 2.10. The lowest BCUT2D eigenvalue weighted by atomic mass is 10.1. The van der Waals surface area contributed by atoms with Gasteiger partial charge in [0.25, 0.3) is 0 Å². The molecular weight excluding hydrogens is 400 g/mol. The molecule has 0 aromatic heterocycles.